The van der Waals surface area contributed by atoms with Gasteiger partial charge in [-0.2, -0.15) is 0 Å². The molecular formula is C33H30ClN3O3S. The molecule has 0 aliphatic carbocycles. The van der Waals surface area contributed by atoms with Crippen LogP contribution in [0.15, 0.2) is 94.7 Å². The summed E-state index contributed by atoms with van der Waals surface area (Å²) in [6.45, 7) is 7.11. The molecule has 208 valence electrons. The Morgan fingerprint density at radius 1 is 0.829 bits per heavy atom. The third-order valence-electron chi connectivity index (χ3n) is 7.78. The van der Waals surface area contributed by atoms with Gasteiger partial charge in [0.1, 0.15) is 0 Å². The summed E-state index contributed by atoms with van der Waals surface area (Å²) in [5, 5.41) is 0.605. The summed E-state index contributed by atoms with van der Waals surface area (Å²) in [7, 11) is -1.58. The van der Waals surface area contributed by atoms with Crippen molar-refractivity contribution in [1.82, 2.24) is 4.90 Å². The topological polar surface area (TPSA) is 60.9 Å². The largest absolute Gasteiger partial charge is 0.368 e. The third kappa shape index (κ3) is 5.27. The second-order valence-corrected chi connectivity index (χ2v) is 12.4. The monoisotopic (exact) mass is 583 g/mol. The number of anilines is 2. The van der Waals surface area contributed by atoms with Crippen molar-refractivity contribution in [3.63, 3.8) is 0 Å². The molecule has 0 radical (unpaired) electrons. The standard InChI is InChI=1S/C33H30ClN3O3S/c1-22-7-8-23(2)28(19-22)35-15-17-36(18-16-35)32(38)25-11-14-31-29(20-25)37(21-24-9-12-26(34)13-10-24)33(39)27-5-3-4-6-30(27)41(31)40/h3-14,19-20H,15-18,21H2,1-2H3/t41-/m0/s1. The Balaban J connectivity index is 1.31. The molecule has 6 nitrogen and oxygen atoms in total. The summed E-state index contributed by atoms with van der Waals surface area (Å²) in [6.07, 6.45) is 0. The molecule has 0 unspecified atom stereocenters. The first-order valence-electron chi connectivity index (χ1n) is 13.6. The average molecular weight is 584 g/mol. The number of nitrogens with zero attached hydrogens (tertiary/aromatic N) is 3. The van der Waals surface area contributed by atoms with E-state index in [0.29, 0.717) is 44.7 Å². The molecule has 1 fully saturated rings. The van der Waals surface area contributed by atoms with Gasteiger partial charge in [0, 0.05) is 42.5 Å². The molecule has 1 atom stereocenters. The Morgan fingerprint density at radius 3 is 2.32 bits per heavy atom. The summed E-state index contributed by atoms with van der Waals surface area (Å²) in [5.41, 5.74) is 5.87. The molecule has 0 bridgehead atoms. The summed E-state index contributed by atoms with van der Waals surface area (Å²) < 4.78 is 13.7. The third-order valence-corrected chi connectivity index (χ3v) is 9.54. The van der Waals surface area contributed by atoms with Gasteiger partial charge in [-0.1, -0.05) is 48.0 Å². The second kappa shape index (κ2) is 11.1. The smallest absolute Gasteiger partial charge is 0.259 e. The molecule has 0 aromatic heterocycles. The molecule has 0 N–H and O–H groups in total. The van der Waals surface area contributed by atoms with Crippen LogP contribution in [0.1, 0.15) is 37.4 Å². The molecule has 0 saturated carbocycles. The van der Waals surface area contributed by atoms with Gasteiger partial charge in [-0.3, -0.25) is 9.59 Å². The number of carbonyl (C=O) groups excluding carboxylic acids is 2. The number of hydrogen-bond donors (Lipinski definition) is 0. The molecule has 2 aliphatic rings. The Morgan fingerprint density at radius 2 is 1.56 bits per heavy atom. The van der Waals surface area contributed by atoms with Gasteiger partial charge in [0.05, 0.1) is 38.4 Å². The lowest BCUT2D eigenvalue weighted by Gasteiger charge is -2.37. The molecule has 2 amide bonds. The van der Waals surface area contributed by atoms with E-state index in [2.05, 4.69) is 36.9 Å². The predicted molar refractivity (Wildman–Crippen MR) is 164 cm³/mol. The number of piperazine rings is 1. The molecule has 1 saturated heterocycles. The highest BCUT2D eigenvalue weighted by Gasteiger charge is 2.32. The lowest BCUT2D eigenvalue weighted by molar-refractivity contribution is 0.0746. The van der Waals surface area contributed by atoms with Crippen LogP contribution in [0.2, 0.25) is 5.02 Å². The Hall–Kier alpha value is -3.94. The van der Waals surface area contributed by atoms with E-state index in [1.165, 1.54) is 16.8 Å². The van der Waals surface area contributed by atoms with Gasteiger partial charge in [0.25, 0.3) is 11.8 Å². The lowest BCUT2D eigenvalue weighted by Crippen LogP contribution is -2.49. The van der Waals surface area contributed by atoms with Gasteiger partial charge in [-0.05, 0) is 79.1 Å². The summed E-state index contributed by atoms with van der Waals surface area (Å²) in [5.74, 6) is -0.353. The zero-order valence-corrected chi connectivity index (χ0v) is 24.5. The van der Waals surface area contributed by atoms with E-state index in [1.54, 1.807) is 59.5 Å². The number of rotatable bonds is 4. The van der Waals surface area contributed by atoms with E-state index in [1.807, 2.05) is 17.0 Å². The van der Waals surface area contributed by atoms with Crippen molar-refractivity contribution in [1.29, 1.82) is 0 Å². The van der Waals surface area contributed by atoms with Crippen molar-refractivity contribution >= 4 is 45.6 Å². The summed E-state index contributed by atoms with van der Waals surface area (Å²) in [6, 6.07) is 25.9. The highest BCUT2D eigenvalue weighted by Crippen LogP contribution is 2.36. The fourth-order valence-corrected chi connectivity index (χ4v) is 6.99. The fraction of sp³-hybridized carbons (Fsp3) is 0.212. The predicted octanol–water partition coefficient (Wildman–Crippen LogP) is 6.25. The van der Waals surface area contributed by atoms with Gasteiger partial charge in [-0.25, -0.2) is 4.21 Å². The van der Waals surface area contributed by atoms with Crippen LogP contribution in [-0.4, -0.2) is 47.1 Å². The van der Waals surface area contributed by atoms with Crippen molar-refractivity contribution in [3.8, 4) is 0 Å². The molecule has 2 heterocycles. The second-order valence-electron chi connectivity index (χ2n) is 10.5. The number of carbonyl (C=O) groups is 2. The van der Waals surface area contributed by atoms with Crippen molar-refractivity contribution in [2.45, 2.75) is 30.2 Å². The number of amides is 2. The maximum atomic E-state index is 13.9. The quantitative estimate of drug-likeness (QED) is 0.285. The summed E-state index contributed by atoms with van der Waals surface area (Å²) in [4.78, 5) is 34.4. The van der Waals surface area contributed by atoms with E-state index in [-0.39, 0.29) is 18.4 Å². The first-order valence-corrected chi connectivity index (χ1v) is 15.2. The van der Waals surface area contributed by atoms with Gasteiger partial charge < -0.3 is 14.7 Å². The van der Waals surface area contributed by atoms with Crippen molar-refractivity contribution in [2.75, 3.05) is 36.0 Å². The van der Waals surface area contributed by atoms with E-state index < -0.39 is 10.8 Å². The molecule has 6 rings (SSSR count). The van der Waals surface area contributed by atoms with Crippen molar-refractivity contribution < 1.29 is 13.8 Å². The highest BCUT2D eigenvalue weighted by atomic mass is 35.5. The Kier molecular flexibility index (Phi) is 7.41. The van der Waals surface area contributed by atoms with Crippen LogP contribution in [-0.2, 0) is 17.3 Å². The summed E-state index contributed by atoms with van der Waals surface area (Å²) >= 11 is 6.10. The molecule has 0 spiro atoms. The van der Waals surface area contributed by atoms with Crippen LogP contribution in [0.4, 0.5) is 11.4 Å². The van der Waals surface area contributed by atoms with Gasteiger partial charge >= 0.3 is 0 Å². The van der Waals surface area contributed by atoms with Gasteiger partial charge in [0.15, 0.2) is 0 Å². The molecule has 8 heteroatoms. The van der Waals surface area contributed by atoms with Gasteiger partial charge in [0.2, 0.25) is 0 Å². The zero-order chi connectivity index (χ0) is 28.7. The minimum atomic E-state index is -1.58. The van der Waals surface area contributed by atoms with E-state index in [0.717, 1.165) is 18.7 Å². The number of benzene rings is 4. The maximum Gasteiger partial charge on any atom is 0.259 e. The lowest BCUT2D eigenvalue weighted by atomic mass is 10.1. The van der Waals surface area contributed by atoms with Crippen molar-refractivity contribution in [2.24, 2.45) is 0 Å². The highest BCUT2D eigenvalue weighted by molar-refractivity contribution is 7.85. The minimum absolute atomic E-state index is 0.0974. The van der Waals surface area contributed by atoms with Crippen LogP contribution in [0.5, 0.6) is 0 Å². The van der Waals surface area contributed by atoms with Crippen molar-refractivity contribution in [3.05, 3.63) is 118 Å². The van der Waals surface area contributed by atoms with Crippen LogP contribution < -0.4 is 9.80 Å². The first-order chi connectivity index (χ1) is 19.8. The fourth-order valence-electron chi connectivity index (χ4n) is 5.52. The number of aryl methyl sites for hydroxylation is 2. The zero-order valence-electron chi connectivity index (χ0n) is 23.0. The van der Waals surface area contributed by atoms with E-state index in [9.17, 15) is 13.8 Å². The Bertz CT molecular complexity index is 1680. The normalized spacial score (nSPS) is 16.7. The average Bonchev–Trinajstić information content (AvgIpc) is 3.08. The molecule has 41 heavy (non-hydrogen) atoms. The van der Waals surface area contributed by atoms with E-state index in [4.69, 9.17) is 11.6 Å². The first kappa shape index (κ1) is 27.2. The van der Waals surface area contributed by atoms with Crippen LogP contribution in [0, 0.1) is 13.8 Å². The Labute approximate surface area is 247 Å². The minimum Gasteiger partial charge on any atom is -0.368 e. The van der Waals surface area contributed by atoms with Gasteiger partial charge in [-0.15, -0.1) is 0 Å². The molecular weight excluding hydrogens is 554 g/mol. The van der Waals surface area contributed by atoms with Crippen LogP contribution in [0.3, 0.4) is 0 Å². The molecule has 4 aromatic rings. The molecule has 2 aliphatic heterocycles. The van der Waals surface area contributed by atoms with Crippen LogP contribution in [0.25, 0.3) is 0 Å². The number of halogens is 1. The SMILES string of the molecule is Cc1ccc(C)c(N2CCN(C(=O)c3ccc4c(c3)N(Cc3ccc(Cl)cc3)C(=O)c3ccccc3[S@@]4=O)CC2)c1. The van der Waals surface area contributed by atoms with Crippen LogP contribution >= 0.6 is 11.6 Å². The molecule has 4 aromatic carbocycles. The number of fused-ring (bicyclic) bond motifs is 2. The number of hydrogen-bond acceptors (Lipinski definition) is 4. The maximum absolute atomic E-state index is 13.9. The van der Waals surface area contributed by atoms with E-state index >= 15 is 0 Å².